The standard InChI is InChI=1S/C18H24N4O3/c1-13(23)19-10-14-4-3-9-22(11-14)12-17-20-18(21-25-17)15-5-7-16(24-2)8-6-15/h5-8,14H,3-4,9-12H2,1-2H3,(H,19,23). The number of carbonyl (C=O) groups excluding carboxylic acids is 1. The Kier molecular flexibility index (Phi) is 5.65. The zero-order valence-corrected chi connectivity index (χ0v) is 14.7. The number of benzene rings is 1. The molecule has 1 N–H and O–H groups in total. The number of hydrogen-bond donors (Lipinski definition) is 1. The third kappa shape index (κ3) is 4.79. The molecule has 7 nitrogen and oxygen atoms in total. The fraction of sp³-hybridized carbons (Fsp3) is 0.500. The van der Waals surface area contributed by atoms with E-state index in [1.54, 1.807) is 14.0 Å². The van der Waals surface area contributed by atoms with Crippen LogP contribution in [0.4, 0.5) is 0 Å². The lowest BCUT2D eigenvalue weighted by Gasteiger charge is -2.31. The van der Waals surface area contributed by atoms with Crippen molar-refractivity contribution in [2.24, 2.45) is 5.92 Å². The van der Waals surface area contributed by atoms with E-state index < -0.39 is 0 Å². The van der Waals surface area contributed by atoms with Gasteiger partial charge in [-0.05, 0) is 49.6 Å². The summed E-state index contributed by atoms with van der Waals surface area (Å²) in [7, 11) is 1.64. The maximum absolute atomic E-state index is 11.1. The SMILES string of the molecule is COc1ccc(-c2noc(CN3CCCC(CNC(C)=O)C3)n2)cc1. The molecule has 0 aliphatic carbocycles. The molecule has 7 heteroatoms. The number of nitrogens with one attached hydrogen (secondary N) is 1. The molecule has 0 spiro atoms. The lowest BCUT2D eigenvalue weighted by Crippen LogP contribution is -2.40. The van der Waals surface area contributed by atoms with Crippen molar-refractivity contribution in [2.75, 3.05) is 26.7 Å². The van der Waals surface area contributed by atoms with E-state index in [1.807, 2.05) is 24.3 Å². The summed E-state index contributed by atoms with van der Waals surface area (Å²) in [6, 6.07) is 7.58. The number of nitrogens with zero attached hydrogens (tertiary/aromatic N) is 3. The molecule has 1 atom stereocenters. The molecule has 1 unspecified atom stereocenters. The minimum absolute atomic E-state index is 0.0261. The van der Waals surface area contributed by atoms with Gasteiger partial charge in [-0.15, -0.1) is 0 Å². The van der Waals surface area contributed by atoms with Crippen LogP contribution in [-0.4, -0.2) is 47.7 Å². The van der Waals surface area contributed by atoms with Crippen LogP contribution < -0.4 is 10.1 Å². The number of methoxy groups -OCH3 is 1. The lowest BCUT2D eigenvalue weighted by molar-refractivity contribution is -0.119. The van der Waals surface area contributed by atoms with Crippen LogP contribution in [0.3, 0.4) is 0 Å². The highest BCUT2D eigenvalue weighted by molar-refractivity contribution is 5.72. The fourth-order valence-electron chi connectivity index (χ4n) is 3.12. The van der Waals surface area contributed by atoms with Crippen LogP contribution in [0, 0.1) is 5.92 Å². The minimum atomic E-state index is 0.0261. The van der Waals surface area contributed by atoms with Crippen molar-refractivity contribution < 1.29 is 14.1 Å². The van der Waals surface area contributed by atoms with Gasteiger partial charge < -0.3 is 14.6 Å². The number of hydrogen-bond acceptors (Lipinski definition) is 6. The van der Waals surface area contributed by atoms with Crippen molar-refractivity contribution in [2.45, 2.75) is 26.3 Å². The Hall–Kier alpha value is -2.41. The highest BCUT2D eigenvalue weighted by Crippen LogP contribution is 2.21. The summed E-state index contributed by atoms with van der Waals surface area (Å²) in [6.45, 7) is 4.86. The number of likely N-dealkylation sites (tertiary alicyclic amines) is 1. The van der Waals surface area contributed by atoms with Crippen molar-refractivity contribution >= 4 is 5.91 Å². The van der Waals surface area contributed by atoms with Gasteiger partial charge in [0.1, 0.15) is 5.75 Å². The Balaban J connectivity index is 1.57. The molecule has 1 aliphatic heterocycles. The first-order valence-electron chi connectivity index (χ1n) is 8.58. The summed E-state index contributed by atoms with van der Waals surface area (Å²) in [5, 5.41) is 6.98. The van der Waals surface area contributed by atoms with Gasteiger partial charge >= 0.3 is 0 Å². The van der Waals surface area contributed by atoms with E-state index in [0.717, 1.165) is 43.8 Å². The molecule has 3 rings (SSSR count). The maximum Gasteiger partial charge on any atom is 0.241 e. The Morgan fingerprint density at radius 2 is 2.20 bits per heavy atom. The van der Waals surface area contributed by atoms with Crippen LogP contribution in [0.2, 0.25) is 0 Å². The van der Waals surface area contributed by atoms with Crippen molar-refractivity contribution in [3.63, 3.8) is 0 Å². The molecule has 134 valence electrons. The van der Waals surface area contributed by atoms with Gasteiger partial charge in [0, 0.05) is 25.6 Å². The zero-order valence-electron chi connectivity index (χ0n) is 14.7. The van der Waals surface area contributed by atoms with E-state index in [-0.39, 0.29) is 5.91 Å². The van der Waals surface area contributed by atoms with Crippen LogP contribution in [0.1, 0.15) is 25.7 Å². The minimum Gasteiger partial charge on any atom is -0.497 e. The first-order chi connectivity index (χ1) is 12.1. The van der Waals surface area contributed by atoms with Crippen LogP contribution >= 0.6 is 0 Å². The van der Waals surface area contributed by atoms with Gasteiger partial charge in [-0.1, -0.05) is 5.16 Å². The predicted octanol–water partition coefficient (Wildman–Crippen LogP) is 2.09. The third-order valence-corrected chi connectivity index (χ3v) is 4.42. The van der Waals surface area contributed by atoms with Gasteiger partial charge in [0.2, 0.25) is 17.6 Å². The number of rotatable bonds is 6. The smallest absolute Gasteiger partial charge is 0.241 e. The summed E-state index contributed by atoms with van der Waals surface area (Å²) in [4.78, 5) is 17.9. The van der Waals surface area contributed by atoms with Crippen LogP contribution in [0.5, 0.6) is 5.75 Å². The molecule has 1 saturated heterocycles. The normalized spacial score (nSPS) is 18.1. The Bertz CT molecular complexity index is 699. The van der Waals surface area contributed by atoms with E-state index >= 15 is 0 Å². The molecule has 1 aromatic carbocycles. The highest BCUT2D eigenvalue weighted by atomic mass is 16.5. The van der Waals surface area contributed by atoms with Gasteiger partial charge in [0.25, 0.3) is 0 Å². The highest BCUT2D eigenvalue weighted by Gasteiger charge is 2.22. The fourth-order valence-corrected chi connectivity index (χ4v) is 3.12. The number of carbonyl (C=O) groups is 1. The van der Waals surface area contributed by atoms with Crippen LogP contribution in [-0.2, 0) is 11.3 Å². The first kappa shape index (κ1) is 17.4. The van der Waals surface area contributed by atoms with Crippen molar-refractivity contribution in [1.82, 2.24) is 20.4 Å². The van der Waals surface area contributed by atoms with Gasteiger partial charge in [-0.25, -0.2) is 0 Å². The van der Waals surface area contributed by atoms with Crippen molar-refractivity contribution in [3.05, 3.63) is 30.2 Å². The molecule has 25 heavy (non-hydrogen) atoms. The number of amides is 1. The summed E-state index contributed by atoms with van der Waals surface area (Å²) in [5.41, 5.74) is 0.901. The lowest BCUT2D eigenvalue weighted by atomic mass is 9.98. The maximum atomic E-state index is 11.1. The molecule has 0 saturated carbocycles. The molecular weight excluding hydrogens is 320 g/mol. The largest absolute Gasteiger partial charge is 0.497 e. The van der Waals surface area contributed by atoms with E-state index in [1.165, 1.54) is 0 Å². The zero-order chi connectivity index (χ0) is 17.6. The Morgan fingerprint density at radius 3 is 2.92 bits per heavy atom. The molecule has 0 radical (unpaired) electrons. The van der Waals surface area contributed by atoms with E-state index in [4.69, 9.17) is 9.26 Å². The predicted molar refractivity (Wildman–Crippen MR) is 93.0 cm³/mol. The second kappa shape index (κ2) is 8.11. The topological polar surface area (TPSA) is 80.5 Å². The van der Waals surface area contributed by atoms with Crippen LogP contribution in [0.15, 0.2) is 28.8 Å². The van der Waals surface area contributed by atoms with E-state index in [2.05, 4.69) is 20.4 Å². The average Bonchev–Trinajstić information content (AvgIpc) is 3.09. The molecule has 1 aliphatic rings. The average molecular weight is 344 g/mol. The molecule has 1 amide bonds. The van der Waals surface area contributed by atoms with Crippen LogP contribution in [0.25, 0.3) is 11.4 Å². The Labute approximate surface area is 147 Å². The number of aromatic nitrogens is 2. The second-order valence-electron chi connectivity index (χ2n) is 6.42. The molecule has 2 aromatic rings. The quantitative estimate of drug-likeness (QED) is 0.864. The second-order valence-corrected chi connectivity index (χ2v) is 6.42. The first-order valence-corrected chi connectivity index (χ1v) is 8.58. The molecule has 0 bridgehead atoms. The van der Waals surface area contributed by atoms with Gasteiger partial charge in [-0.3, -0.25) is 9.69 Å². The third-order valence-electron chi connectivity index (χ3n) is 4.42. The summed E-state index contributed by atoms with van der Waals surface area (Å²) < 4.78 is 10.6. The molecular formula is C18H24N4O3. The summed E-state index contributed by atoms with van der Waals surface area (Å²) in [6.07, 6.45) is 2.25. The molecule has 1 fully saturated rings. The van der Waals surface area contributed by atoms with Gasteiger partial charge in [-0.2, -0.15) is 4.98 Å². The Morgan fingerprint density at radius 1 is 1.40 bits per heavy atom. The molecule has 1 aromatic heterocycles. The summed E-state index contributed by atoms with van der Waals surface area (Å²) >= 11 is 0. The van der Waals surface area contributed by atoms with E-state index in [9.17, 15) is 4.79 Å². The van der Waals surface area contributed by atoms with Crippen molar-refractivity contribution in [1.29, 1.82) is 0 Å². The summed E-state index contributed by atoms with van der Waals surface area (Å²) in [5.74, 6) is 2.50. The number of piperidine rings is 1. The van der Waals surface area contributed by atoms with Crippen molar-refractivity contribution in [3.8, 4) is 17.1 Å². The molecule has 2 heterocycles. The van der Waals surface area contributed by atoms with Gasteiger partial charge in [0.05, 0.1) is 13.7 Å². The number of ether oxygens (including phenoxy) is 1. The van der Waals surface area contributed by atoms with Gasteiger partial charge in [0.15, 0.2) is 0 Å². The van der Waals surface area contributed by atoms with E-state index in [0.29, 0.717) is 24.2 Å². The monoisotopic (exact) mass is 344 g/mol.